The zero-order valence-electron chi connectivity index (χ0n) is 19.2. The molecule has 1 unspecified atom stereocenters. The van der Waals surface area contributed by atoms with Crippen LogP contribution in [0.4, 0.5) is 11.4 Å². The number of Topliss-reactive ketones (excluding diaryl/α,β-unsaturated/α-hetero) is 1. The highest BCUT2D eigenvalue weighted by Gasteiger charge is 2.40. The van der Waals surface area contributed by atoms with Crippen LogP contribution in [0.25, 0.3) is 0 Å². The number of nitro benzene ring substituents is 1. The van der Waals surface area contributed by atoms with Gasteiger partial charge in [0.05, 0.1) is 4.92 Å². The van der Waals surface area contributed by atoms with Gasteiger partial charge in [-0.25, -0.2) is 0 Å². The maximum Gasteiger partial charge on any atom is 0.270 e. The van der Waals surface area contributed by atoms with Gasteiger partial charge >= 0.3 is 0 Å². The molecule has 1 atom stereocenters. The lowest BCUT2D eigenvalue weighted by Crippen LogP contribution is -2.56. The number of non-ortho nitro benzene ring substituents is 1. The van der Waals surface area contributed by atoms with Crippen LogP contribution in [0.15, 0.2) is 42.5 Å². The number of hydrogen-bond acceptors (Lipinski definition) is 5. The third-order valence-electron chi connectivity index (χ3n) is 6.18. The number of carbonyl (C=O) groups is 3. The van der Waals surface area contributed by atoms with Crippen molar-refractivity contribution in [3.63, 3.8) is 0 Å². The minimum absolute atomic E-state index is 0.0212. The Hall–Kier alpha value is -3.55. The summed E-state index contributed by atoms with van der Waals surface area (Å²) in [6.45, 7) is 5.06. The van der Waals surface area contributed by atoms with E-state index in [9.17, 15) is 24.5 Å². The molecule has 1 saturated carbocycles. The normalized spacial score (nSPS) is 14.9. The second-order valence-electron chi connectivity index (χ2n) is 8.55. The van der Waals surface area contributed by atoms with E-state index in [1.807, 2.05) is 32.0 Å². The second kappa shape index (κ2) is 10.4. The highest BCUT2D eigenvalue weighted by atomic mass is 16.6. The summed E-state index contributed by atoms with van der Waals surface area (Å²) in [5.41, 5.74) is 2.02. The summed E-state index contributed by atoms with van der Waals surface area (Å²) in [7, 11) is 0. The standard InChI is InChI=1S/C25H29N3O5/c1-16-9-7-10-17(2)22(16)26-25(31)23(27(18(3)29)20-12-5-4-6-13-20)24(30)19-11-8-14-21(15-19)28(32)33/h7-11,14-15,20,23H,4-6,12-13H2,1-3H3,(H,26,31). The van der Waals surface area contributed by atoms with Gasteiger partial charge in [0.15, 0.2) is 11.8 Å². The van der Waals surface area contributed by atoms with E-state index in [0.717, 1.165) is 36.5 Å². The maximum absolute atomic E-state index is 13.6. The van der Waals surface area contributed by atoms with Gasteiger partial charge < -0.3 is 10.2 Å². The Bertz CT molecular complexity index is 1060. The fourth-order valence-electron chi connectivity index (χ4n) is 4.51. The third-order valence-corrected chi connectivity index (χ3v) is 6.18. The summed E-state index contributed by atoms with van der Waals surface area (Å²) in [5, 5.41) is 14.1. The molecule has 0 spiro atoms. The molecule has 1 N–H and O–H groups in total. The van der Waals surface area contributed by atoms with E-state index in [0.29, 0.717) is 18.5 Å². The van der Waals surface area contributed by atoms with Crippen molar-refractivity contribution >= 4 is 29.0 Å². The van der Waals surface area contributed by atoms with Crippen molar-refractivity contribution in [2.24, 2.45) is 0 Å². The molecule has 174 valence electrons. The van der Waals surface area contributed by atoms with Gasteiger partial charge in [-0.1, -0.05) is 49.6 Å². The summed E-state index contributed by atoms with van der Waals surface area (Å²) >= 11 is 0. The number of aryl methyl sites for hydroxylation is 2. The van der Waals surface area contributed by atoms with Gasteiger partial charge in [-0.2, -0.15) is 0 Å². The number of nitrogens with one attached hydrogen (secondary N) is 1. The first-order valence-corrected chi connectivity index (χ1v) is 11.2. The molecule has 1 aliphatic rings. The number of para-hydroxylation sites is 1. The van der Waals surface area contributed by atoms with Gasteiger partial charge in [0.1, 0.15) is 0 Å². The van der Waals surface area contributed by atoms with Crippen LogP contribution >= 0.6 is 0 Å². The van der Waals surface area contributed by atoms with Crippen LogP contribution in [0, 0.1) is 24.0 Å². The third kappa shape index (κ3) is 5.45. The molecule has 2 aromatic rings. The number of ketones is 1. The van der Waals surface area contributed by atoms with Crippen LogP contribution in [0.5, 0.6) is 0 Å². The first kappa shape index (κ1) is 24.1. The first-order chi connectivity index (χ1) is 15.7. The zero-order valence-corrected chi connectivity index (χ0v) is 19.2. The Morgan fingerprint density at radius 1 is 1.03 bits per heavy atom. The zero-order chi connectivity index (χ0) is 24.1. The number of anilines is 1. The van der Waals surface area contributed by atoms with Crippen LogP contribution in [-0.4, -0.2) is 39.5 Å². The lowest BCUT2D eigenvalue weighted by molar-refractivity contribution is -0.384. The molecule has 8 heteroatoms. The minimum Gasteiger partial charge on any atom is -0.323 e. The largest absolute Gasteiger partial charge is 0.323 e. The summed E-state index contributed by atoms with van der Waals surface area (Å²) < 4.78 is 0. The van der Waals surface area contributed by atoms with Crippen molar-refractivity contribution in [2.75, 3.05) is 5.32 Å². The molecular weight excluding hydrogens is 422 g/mol. The van der Waals surface area contributed by atoms with Crippen molar-refractivity contribution < 1.29 is 19.3 Å². The molecule has 33 heavy (non-hydrogen) atoms. The monoisotopic (exact) mass is 451 g/mol. The van der Waals surface area contributed by atoms with E-state index in [1.54, 1.807) is 0 Å². The average molecular weight is 452 g/mol. The summed E-state index contributed by atoms with van der Waals surface area (Å²) in [6, 6.07) is 9.19. The Kier molecular flexibility index (Phi) is 7.58. The summed E-state index contributed by atoms with van der Waals surface area (Å²) in [5.74, 6) is -1.63. The minimum atomic E-state index is -1.42. The van der Waals surface area contributed by atoms with Gasteiger partial charge in [-0.3, -0.25) is 24.5 Å². The van der Waals surface area contributed by atoms with E-state index >= 15 is 0 Å². The lowest BCUT2D eigenvalue weighted by Gasteiger charge is -2.38. The van der Waals surface area contributed by atoms with Gasteiger partial charge in [0, 0.05) is 36.3 Å². The number of carbonyl (C=O) groups excluding carboxylic acids is 3. The van der Waals surface area contributed by atoms with E-state index in [-0.39, 0.29) is 23.2 Å². The molecule has 0 saturated heterocycles. The maximum atomic E-state index is 13.6. The predicted octanol–water partition coefficient (Wildman–Crippen LogP) is 4.58. The highest BCUT2D eigenvalue weighted by Crippen LogP contribution is 2.28. The molecule has 1 fully saturated rings. The highest BCUT2D eigenvalue weighted by molar-refractivity contribution is 6.18. The number of hydrogen-bond donors (Lipinski definition) is 1. The van der Waals surface area contributed by atoms with Crippen molar-refractivity contribution in [1.29, 1.82) is 0 Å². The summed E-state index contributed by atoms with van der Waals surface area (Å²) in [6.07, 6.45) is 4.26. The van der Waals surface area contributed by atoms with E-state index in [1.165, 1.54) is 30.0 Å². The molecule has 3 rings (SSSR count). The molecule has 0 bridgehead atoms. The number of nitro groups is 1. The molecule has 2 amide bonds. The van der Waals surface area contributed by atoms with Gasteiger partial charge in [0.2, 0.25) is 5.91 Å². The fourth-order valence-corrected chi connectivity index (χ4v) is 4.51. The molecular formula is C25H29N3O5. The SMILES string of the molecule is CC(=O)N(C1CCCCC1)C(C(=O)Nc1c(C)cccc1C)C(=O)c1cccc([N+](=O)[O-])c1. The summed E-state index contributed by atoms with van der Waals surface area (Å²) in [4.78, 5) is 52.0. The predicted molar refractivity (Wildman–Crippen MR) is 125 cm³/mol. The van der Waals surface area contributed by atoms with Crippen molar-refractivity contribution in [1.82, 2.24) is 4.90 Å². The van der Waals surface area contributed by atoms with Crippen LogP contribution < -0.4 is 5.32 Å². The van der Waals surface area contributed by atoms with Crippen LogP contribution in [-0.2, 0) is 9.59 Å². The Morgan fingerprint density at radius 3 is 2.21 bits per heavy atom. The fraction of sp³-hybridized carbons (Fsp3) is 0.400. The van der Waals surface area contributed by atoms with Crippen molar-refractivity contribution in [3.8, 4) is 0 Å². The van der Waals surface area contributed by atoms with Crippen molar-refractivity contribution in [2.45, 2.75) is 65.0 Å². The smallest absolute Gasteiger partial charge is 0.270 e. The molecule has 0 aliphatic heterocycles. The first-order valence-electron chi connectivity index (χ1n) is 11.2. The molecule has 2 aromatic carbocycles. The number of nitrogens with zero attached hydrogens (tertiary/aromatic N) is 2. The van der Waals surface area contributed by atoms with Gasteiger partial charge in [-0.15, -0.1) is 0 Å². The lowest BCUT2D eigenvalue weighted by atomic mass is 9.91. The quantitative estimate of drug-likeness (QED) is 0.287. The van der Waals surface area contributed by atoms with Crippen LogP contribution in [0.1, 0.15) is 60.5 Å². The van der Waals surface area contributed by atoms with E-state index < -0.39 is 22.7 Å². The van der Waals surface area contributed by atoms with E-state index in [2.05, 4.69) is 5.32 Å². The molecule has 0 aromatic heterocycles. The number of amides is 2. The number of rotatable bonds is 7. The van der Waals surface area contributed by atoms with Gasteiger partial charge in [0.25, 0.3) is 11.6 Å². The number of benzene rings is 2. The second-order valence-corrected chi connectivity index (χ2v) is 8.55. The molecule has 0 heterocycles. The topological polar surface area (TPSA) is 110 Å². The molecule has 0 radical (unpaired) electrons. The van der Waals surface area contributed by atoms with Gasteiger partial charge in [-0.05, 0) is 37.8 Å². The van der Waals surface area contributed by atoms with Crippen LogP contribution in [0.2, 0.25) is 0 Å². The van der Waals surface area contributed by atoms with Crippen LogP contribution in [0.3, 0.4) is 0 Å². The Balaban J connectivity index is 2.05. The van der Waals surface area contributed by atoms with E-state index in [4.69, 9.17) is 0 Å². The Morgan fingerprint density at radius 2 is 1.64 bits per heavy atom. The molecule has 1 aliphatic carbocycles. The molecule has 8 nitrogen and oxygen atoms in total. The average Bonchev–Trinajstić information content (AvgIpc) is 2.79. The Labute approximate surface area is 193 Å². The van der Waals surface area contributed by atoms with Crippen molar-refractivity contribution in [3.05, 3.63) is 69.3 Å².